The number of carbonyl (C=O) groups excluding carboxylic acids is 1. The van der Waals surface area contributed by atoms with E-state index in [-0.39, 0.29) is 11.5 Å². The number of halogens is 2. The summed E-state index contributed by atoms with van der Waals surface area (Å²) in [6.45, 7) is 3.70. The first-order chi connectivity index (χ1) is 12.4. The van der Waals surface area contributed by atoms with E-state index in [1.54, 1.807) is 25.1 Å². The predicted octanol–water partition coefficient (Wildman–Crippen LogP) is 4.88. The molecule has 0 saturated heterocycles. The van der Waals surface area contributed by atoms with Gasteiger partial charge in [-0.1, -0.05) is 17.7 Å². The van der Waals surface area contributed by atoms with Crippen molar-refractivity contribution in [2.75, 3.05) is 10.6 Å². The first-order valence-corrected chi connectivity index (χ1v) is 8.24. The molecule has 0 aliphatic heterocycles. The summed E-state index contributed by atoms with van der Waals surface area (Å²) in [6.07, 6.45) is 0. The Bertz CT molecular complexity index is 960. The molecule has 2 aromatic carbocycles. The van der Waals surface area contributed by atoms with Gasteiger partial charge in [0.05, 0.1) is 0 Å². The van der Waals surface area contributed by atoms with Crippen molar-refractivity contribution in [1.29, 1.82) is 0 Å². The third-order valence-corrected chi connectivity index (χ3v) is 3.87. The van der Waals surface area contributed by atoms with E-state index in [4.69, 9.17) is 11.6 Å². The molecule has 7 heteroatoms. The molecular weight excluding hydrogens is 355 g/mol. The van der Waals surface area contributed by atoms with Crippen molar-refractivity contribution in [3.63, 3.8) is 0 Å². The number of nitrogens with zero attached hydrogens (tertiary/aromatic N) is 2. The third kappa shape index (κ3) is 4.34. The van der Waals surface area contributed by atoms with Crippen LogP contribution in [0, 0.1) is 19.7 Å². The smallest absolute Gasteiger partial charge is 0.274 e. The highest BCUT2D eigenvalue weighted by molar-refractivity contribution is 6.30. The second kappa shape index (κ2) is 7.49. The van der Waals surface area contributed by atoms with Crippen LogP contribution in [0.2, 0.25) is 5.02 Å². The van der Waals surface area contributed by atoms with Gasteiger partial charge in [0, 0.05) is 22.1 Å². The maximum absolute atomic E-state index is 13.0. The van der Waals surface area contributed by atoms with E-state index in [0.717, 1.165) is 11.3 Å². The molecule has 0 atom stereocenters. The average Bonchev–Trinajstić information content (AvgIpc) is 2.59. The second-order valence-electron chi connectivity index (χ2n) is 5.76. The third-order valence-electron chi connectivity index (χ3n) is 3.64. The van der Waals surface area contributed by atoms with E-state index in [2.05, 4.69) is 20.6 Å². The number of amides is 1. The van der Waals surface area contributed by atoms with Gasteiger partial charge >= 0.3 is 0 Å². The molecule has 3 rings (SSSR count). The van der Waals surface area contributed by atoms with E-state index in [1.165, 1.54) is 24.3 Å². The van der Waals surface area contributed by atoms with Crippen molar-refractivity contribution >= 4 is 34.8 Å². The highest BCUT2D eigenvalue weighted by Gasteiger charge is 2.12. The Hall–Kier alpha value is -2.99. The van der Waals surface area contributed by atoms with Gasteiger partial charge in [-0.2, -0.15) is 0 Å². The lowest BCUT2D eigenvalue weighted by Gasteiger charge is -2.11. The van der Waals surface area contributed by atoms with Gasteiger partial charge in [0.2, 0.25) is 5.95 Å². The number of aromatic nitrogens is 2. The molecule has 0 saturated carbocycles. The van der Waals surface area contributed by atoms with Crippen molar-refractivity contribution in [3.8, 4) is 0 Å². The van der Waals surface area contributed by atoms with E-state index in [0.29, 0.717) is 22.4 Å². The summed E-state index contributed by atoms with van der Waals surface area (Å²) in [5.74, 6) is -0.489. The minimum Gasteiger partial charge on any atom is -0.324 e. The Balaban J connectivity index is 1.83. The Kier molecular flexibility index (Phi) is 5.14. The predicted molar refractivity (Wildman–Crippen MR) is 101 cm³/mol. The summed E-state index contributed by atoms with van der Waals surface area (Å²) >= 11 is 6.03. The highest BCUT2D eigenvalue weighted by atomic mass is 35.5. The molecule has 0 spiro atoms. The van der Waals surface area contributed by atoms with Crippen LogP contribution in [0.3, 0.4) is 0 Å². The van der Waals surface area contributed by atoms with Crippen molar-refractivity contribution in [3.05, 3.63) is 76.3 Å². The van der Waals surface area contributed by atoms with Crippen molar-refractivity contribution in [2.45, 2.75) is 13.8 Å². The minimum absolute atomic E-state index is 0.198. The summed E-state index contributed by atoms with van der Waals surface area (Å²) in [5.41, 5.74) is 3.04. The molecule has 2 N–H and O–H groups in total. The molecule has 132 valence electrons. The van der Waals surface area contributed by atoms with Crippen LogP contribution in [0.25, 0.3) is 0 Å². The van der Waals surface area contributed by atoms with E-state index >= 15 is 0 Å². The number of anilines is 3. The molecule has 5 nitrogen and oxygen atoms in total. The molecule has 1 amide bonds. The van der Waals surface area contributed by atoms with Gasteiger partial charge in [0.15, 0.2) is 0 Å². The van der Waals surface area contributed by atoms with Crippen LogP contribution in [-0.2, 0) is 0 Å². The van der Waals surface area contributed by atoms with Crippen molar-refractivity contribution < 1.29 is 9.18 Å². The highest BCUT2D eigenvalue weighted by Crippen LogP contribution is 2.23. The topological polar surface area (TPSA) is 66.9 Å². The van der Waals surface area contributed by atoms with Gasteiger partial charge in [-0.05, 0) is 61.9 Å². The number of hydrogen-bond acceptors (Lipinski definition) is 4. The Morgan fingerprint density at radius 3 is 2.50 bits per heavy atom. The van der Waals surface area contributed by atoms with Crippen LogP contribution in [-0.4, -0.2) is 15.9 Å². The second-order valence-corrected chi connectivity index (χ2v) is 6.20. The fourth-order valence-corrected chi connectivity index (χ4v) is 2.49. The Morgan fingerprint density at radius 2 is 1.77 bits per heavy atom. The van der Waals surface area contributed by atoms with Crippen LogP contribution in [0.4, 0.5) is 21.7 Å². The van der Waals surface area contributed by atoms with Crippen LogP contribution < -0.4 is 10.6 Å². The molecule has 1 heterocycles. The van der Waals surface area contributed by atoms with Crippen LogP contribution in [0.5, 0.6) is 0 Å². The summed E-state index contributed by atoms with van der Waals surface area (Å²) in [6, 6.07) is 12.5. The number of hydrogen-bond donors (Lipinski definition) is 2. The molecule has 0 fully saturated rings. The molecule has 1 aromatic heterocycles. The number of aryl methyl sites for hydroxylation is 2. The number of carbonyl (C=O) groups is 1. The Labute approximate surface area is 155 Å². The molecule has 0 bridgehead atoms. The zero-order valence-corrected chi connectivity index (χ0v) is 14.9. The zero-order valence-electron chi connectivity index (χ0n) is 14.2. The first-order valence-electron chi connectivity index (χ1n) is 7.86. The van der Waals surface area contributed by atoms with E-state index < -0.39 is 5.91 Å². The lowest BCUT2D eigenvalue weighted by Crippen LogP contribution is -2.15. The normalized spacial score (nSPS) is 10.5. The Morgan fingerprint density at radius 1 is 1.04 bits per heavy atom. The summed E-state index contributed by atoms with van der Waals surface area (Å²) in [5, 5.41) is 6.35. The van der Waals surface area contributed by atoms with Crippen LogP contribution in [0.15, 0.2) is 48.5 Å². The summed E-state index contributed by atoms with van der Waals surface area (Å²) < 4.78 is 13.0. The van der Waals surface area contributed by atoms with E-state index in [9.17, 15) is 9.18 Å². The first kappa shape index (κ1) is 17.8. The molecule has 0 aliphatic rings. The van der Waals surface area contributed by atoms with Gasteiger partial charge in [0.25, 0.3) is 5.91 Å². The fraction of sp³-hybridized carbons (Fsp3) is 0.105. The van der Waals surface area contributed by atoms with E-state index in [1.807, 2.05) is 13.0 Å². The van der Waals surface area contributed by atoms with Crippen molar-refractivity contribution in [2.24, 2.45) is 0 Å². The van der Waals surface area contributed by atoms with Gasteiger partial charge in [0.1, 0.15) is 11.5 Å². The molecule has 26 heavy (non-hydrogen) atoms. The van der Waals surface area contributed by atoms with Gasteiger partial charge in [-0.25, -0.2) is 14.4 Å². The van der Waals surface area contributed by atoms with Gasteiger partial charge in [-0.15, -0.1) is 0 Å². The van der Waals surface area contributed by atoms with Crippen molar-refractivity contribution in [1.82, 2.24) is 9.97 Å². The summed E-state index contributed by atoms with van der Waals surface area (Å²) in [4.78, 5) is 21.0. The molecule has 0 unspecified atom stereocenters. The maximum atomic E-state index is 13.0. The lowest BCUT2D eigenvalue weighted by atomic mass is 10.2. The SMILES string of the molecule is Cc1cc(C(=O)Nc2ccc(F)cc2)nc(Nc2cc(Cl)ccc2C)n1. The maximum Gasteiger partial charge on any atom is 0.274 e. The molecular formula is C19H16ClFN4O. The number of nitrogens with one attached hydrogen (secondary N) is 2. The molecule has 0 aliphatic carbocycles. The lowest BCUT2D eigenvalue weighted by molar-refractivity contribution is 0.102. The molecule has 3 aromatic rings. The average molecular weight is 371 g/mol. The van der Waals surface area contributed by atoms with Gasteiger partial charge in [-0.3, -0.25) is 4.79 Å². The largest absolute Gasteiger partial charge is 0.324 e. The van der Waals surface area contributed by atoms with Crippen LogP contribution >= 0.6 is 11.6 Å². The van der Waals surface area contributed by atoms with Gasteiger partial charge < -0.3 is 10.6 Å². The summed E-state index contributed by atoms with van der Waals surface area (Å²) in [7, 11) is 0. The fourth-order valence-electron chi connectivity index (χ4n) is 2.32. The number of benzene rings is 2. The standard InChI is InChI=1S/C19H16ClFN4O/c1-11-3-4-13(20)10-16(11)24-19-22-12(2)9-17(25-19)18(26)23-15-7-5-14(21)6-8-15/h3-10H,1-2H3,(H,23,26)(H,22,24,25). The number of rotatable bonds is 4. The molecule has 0 radical (unpaired) electrons. The monoisotopic (exact) mass is 370 g/mol. The van der Waals surface area contributed by atoms with Crippen LogP contribution in [0.1, 0.15) is 21.7 Å². The quantitative estimate of drug-likeness (QED) is 0.686. The zero-order chi connectivity index (χ0) is 18.7. The minimum atomic E-state index is -0.409.